The van der Waals surface area contributed by atoms with Gasteiger partial charge in [0.25, 0.3) is 5.22 Å². The van der Waals surface area contributed by atoms with Gasteiger partial charge in [-0.2, -0.15) is 0 Å². The van der Waals surface area contributed by atoms with Gasteiger partial charge >= 0.3 is 6.03 Å². The summed E-state index contributed by atoms with van der Waals surface area (Å²) in [6.45, 7) is 1.72. The number of nitrogens with one attached hydrogen (secondary N) is 2. The van der Waals surface area contributed by atoms with Gasteiger partial charge in [-0.05, 0) is 31.2 Å². The molecule has 1 aromatic carbocycles. The fourth-order valence-electron chi connectivity index (χ4n) is 2.46. The highest BCUT2D eigenvalue weighted by Crippen LogP contribution is 2.21. The predicted molar refractivity (Wildman–Crippen MR) is 89.1 cm³/mol. The molecule has 2 atom stereocenters. The molecule has 1 aliphatic heterocycles. The highest BCUT2D eigenvalue weighted by molar-refractivity contribution is 7.99. The monoisotopic (exact) mass is 378 g/mol. The molecule has 136 valence electrons. The van der Waals surface area contributed by atoms with Crippen molar-refractivity contribution in [2.24, 2.45) is 5.92 Å². The minimum atomic E-state index is -0.528. The number of amides is 3. The van der Waals surface area contributed by atoms with Crippen LogP contribution >= 0.6 is 11.8 Å². The van der Waals surface area contributed by atoms with Gasteiger partial charge in [0, 0.05) is 18.0 Å². The number of ketones is 1. The Balaban J connectivity index is 1.56. The molecule has 0 radical (unpaired) electrons. The van der Waals surface area contributed by atoms with E-state index in [0.29, 0.717) is 5.56 Å². The summed E-state index contributed by atoms with van der Waals surface area (Å²) in [6, 6.07) is 4.37. The van der Waals surface area contributed by atoms with Gasteiger partial charge in [-0.3, -0.25) is 14.9 Å². The highest BCUT2D eigenvalue weighted by Gasteiger charge is 2.34. The summed E-state index contributed by atoms with van der Waals surface area (Å²) >= 11 is 1.06. The zero-order chi connectivity index (χ0) is 18.7. The summed E-state index contributed by atoms with van der Waals surface area (Å²) in [4.78, 5) is 35.1. The summed E-state index contributed by atoms with van der Waals surface area (Å²) in [5, 5.41) is 12.7. The molecule has 2 heterocycles. The summed E-state index contributed by atoms with van der Waals surface area (Å²) in [5.74, 6) is -1.23. The Morgan fingerprint density at radius 3 is 2.69 bits per heavy atom. The lowest BCUT2D eigenvalue weighted by Gasteiger charge is -2.27. The van der Waals surface area contributed by atoms with Crippen LogP contribution in [-0.2, 0) is 11.2 Å². The lowest BCUT2D eigenvalue weighted by molar-refractivity contribution is -0.125. The zero-order valence-corrected chi connectivity index (χ0v) is 14.5. The molecule has 1 aliphatic rings. The molecule has 8 nitrogen and oxygen atoms in total. The van der Waals surface area contributed by atoms with Gasteiger partial charge in [0.05, 0.1) is 11.7 Å². The van der Waals surface area contributed by atoms with Crippen LogP contribution in [0.2, 0.25) is 0 Å². The topological polar surface area (TPSA) is 114 Å². The van der Waals surface area contributed by atoms with Gasteiger partial charge in [-0.25, -0.2) is 9.18 Å². The maximum atomic E-state index is 12.9. The Labute approximate surface area is 151 Å². The van der Waals surface area contributed by atoms with Gasteiger partial charge in [-0.15, -0.1) is 10.2 Å². The van der Waals surface area contributed by atoms with E-state index in [1.54, 1.807) is 6.92 Å². The number of rotatable bonds is 6. The second-order valence-electron chi connectivity index (χ2n) is 5.74. The number of carbonyl (C=O) groups excluding carboxylic acids is 3. The SMILES string of the molecule is CC1NC(=O)NC(=O)C1Cc1nnc(SCC(=O)c2ccc(F)cc2)o1. The molecule has 1 aromatic heterocycles. The Hall–Kier alpha value is -2.75. The van der Waals surface area contributed by atoms with Crippen LogP contribution in [0.15, 0.2) is 33.9 Å². The molecule has 2 unspecified atom stereocenters. The first kappa shape index (κ1) is 18.1. The van der Waals surface area contributed by atoms with Crippen molar-refractivity contribution in [1.29, 1.82) is 0 Å². The van der Waals surface area contributed by atoms with E-state index in [9.17, 15) is 18.8 Å². The standard InChI is InChI=1S/C16H15FN4O4S/c1-8-11(14(23)19-15(24)18-8)6-13-20-21-16(25-13)26-7-12(22)9-2-4-10(17)5-3-9/h2-5,8,11H,6-7H2,1H3,(H2,18,19,23,24). The molecule has 0 saturated carbocycles. The van der Waals surface area contributed by atoms with E-state index in [4.69, 9.17) is 4.42 Å². The second kappa shape index (κ2) is 7.65. The van der Waals surface area contributed by atoms with Crippen molar-refractivity contribution < 1.29 is 23.2 Å². The Morgan fingerprint density at radius 1 is 1.27 bits per heavy atom. The molecule has 2 aromatic rings. The van der Waals surface area contributed by atoms with E-state index in [-0.39, 0.29) is 35.1 Å². The lowest BCUT2D eigenvalue weighted by Crippen LogP contribution is -2.57. The number of imide groups is 1. The molecule has 2 N–H and O–H groups in total. The van der Waals surface area contributed by atoms with Gasteiger partial charge in [0.15, 0.2) is 5.78 Å². The number of hydrogen-bond acceptors (Lipinski definition) is 7. The average Bonchev–Trinajstić information content (AvgIpc) is 3.04. The minimum Gasteiger partial charge on any atom is -0.416 e. The van der Waals surface area contributed by atoms with Crippen LogP contribution in [0.3, 0.4) is 0 Å². The van der Waals surface area contributed by atoms with E-state index in [1.807, 2.05) is 0 Å². The number of urea groups is 1. The van der Waals surface area contributed by atoms with E-state index in [0.717, 1.165) is 11.8 Å². The van der Waals surface area contributed by atoms with Crippen molar-refractivity contribution in [3.05, 3.63) is 41.5 Å². The fraction of sp³-hybridized carbons (Fsp3) is 0.312. The van der Waals surface area contributed by atoms with Crippen LogP contribution in [0.4, 0.5) is 9.18 Å². The fourth-order valence-corrected chi connectivity index (χ4v) is 3.13. The lowest BCUT2D eigenvalue weighted by atomic mass is 9.95. The maximum absolute atomic E-state index is 12.9. The van der Waals surface area contributed by atoms with Crippen molar-refractivity contribution in [2.45, 2.75) is 24.6 Å². The Morgan fingerprint density at radius 2 is 2.00 bits per heavy atom. The van der Waals surface area contributed by atoms with E-state index < -0.39 is 23.7 Å². The van der Waals surface area contributed by atoms with Crippen LogP contribution in [-0.4, -0.2) is 39.7 Å². The average molecular weight is 378 g/mol. The largest absolute Gasteiger partial charge is 0.416 e. The Kier molecular flexibility index (Phi) is 5.31. The van der Waals surface area contributed by atoms with Crippen molar-refractivity contribution in [1.82, 2.24) is 20.8 Å². The van der Waals surface area contributed by atoms with Crippen molar-refractivity contribution in [2.75, 3.05) is 5.75 Å². The maximum Gasteiger partial charge on any atom is 0.321 e. The van der Waals surface area contributed by atoms with Crippen LogP contribution in [0.25, 0.3) is 0 Å². The molecule has 10 heteroatoms. The molecule has 0 spiro atoms. The molecule has 0 bridgehead atoms. The van der Waals surface area contributed by atoms with Crippen LogP contribution < -0.4 is 10.6 Å². The summed E-state index contributed by atoms with van der Waals surface area (Å²) < 4.78 is 18.3. The first-order valence-corrected chi connectivity index (χ1v) is 8.76. The number of carbonyl (C=O) groups is 3. The summed E-state index contributed by atoms with van der Waals surface area (Å²) in [5.41, 5.74) is 0.391. The van der Waals surface area contributed by atoms with Crippen LogP contribution in [0.5, 0.6) is 0 Å². The second-order valence-corrected chi connectivity index (χ2v) is 6.67. The quantitative estimate of drug-likeness (QED) is 0.579. The van der Waals surface area contributed by atoms with Gasteiger partial charge in [-0.1, -0.05) is 11.8 Å². The molecule has 3 amide bonds. The third kappa shape index (κ3) is 4.26. The number of hydrogen-bond donors (Lipinski definition) is 2. The molecule has 1 fully saturated rings. The minimum absolute atomic E-state index is 0.0592. The molecule has 1 saturated heterocycles. The predicted octanol–water partition coefficient (Wildman–Crippen LogP) is 1.57. The normalized spacial score (nSPS) is 19.8. The first-order chi connectivity index (χ1) is 12.4. The van der Waals surface area contributed by atoms with Crippen molar-refractivity contribution in [3.8, 4) is 0 Å². The van der Waals surface area contributed by atoms with E-state index in [2.05, 4.69) is 20.8 Å². The molecular formula is C16H15FN4O4S. The summed E-state index contributed by atoms with van der Waals surface area (Å²) in [6.07, 6.45) is 0.173. The van der Waals surface area contributed by atoms with Gasteiger partial charge < -0.3 is 9.73 Å². The summed E-state index contributed by atoms with van der Waals surface area (Å²) in [7, 11) is 0. The third-order valence-corrected chi connectivity index (χ3v) is 4.69. The number of benzene rings is 1. The Bertz CT molecular complexity index is 839. The number of nitrogens with zero attached hydrogens (tertiary/aromatic N) is 2. The molecule has 26 heavy (non-hydrogen) atoms. The molecular weight excluding hydrogens is 363 g/mol. The van der Waals surface area contributed by atoms with Gasteiger partial charge in [0.1, 0.15) is 5.82 Å². The molecule has 0 aliphatic carbocycles. The van der Waals surface area contributed by atoms with E-state index in [1.165, 1.54) is 24.3 Å². The van der Waals surface area contributed by atoms with Crippen molar-refractivity contribution in [3.63, 3.8) is 0 Å². The first-order valence-electron chi connectivity index (χ1n) is 7.77. The van der Waals surface area contributed by atoms with Crippen LogP contribution in [0.1, 0.15) is 23.2 Å². The number of halogens is 1. The van der Waals surface area contributed by atoms with Gasteiger partial charge in [0.2, 0.25) is 11.8 Å². The van der Waals surface area contributed by atoms with Crippen LogP contribution in [0, 0.1) is 11.7 Å². The number of aromatic nitrogens is 2. The van der Waals surface area contributed by atoms with E-state index >= 15 is 0 Å². The highest BCUT2D eigenvalue weighted by atomic mass is 32.2. The third-order valence-electron chi connectivity index (χ3n) is 3.87. The van der Waals surface area contributed by atoms with Crippen molar-refractivity contribution >= 4 is 29.5 Å². The number of thioether (sulfide) groups is 1. The zero-order valence-electron chi connectivity index (χ0n) is 13.7. The molecule has 3 rings (SSSR count). The smallest absolute Gasteiger partial charge is 0.321 e. The number of Topliss-reactive ketones (excluding diaryl/α,β-unsaturated/α-hetero) is 1.